The van der Waals surface area contributed by atoms with E-state index in [9.17, 15) is 0 Å². The summed E-state index contributed by atoms with van der Waals surface area (Å²) in [5.41, 5.74) is 2.21. The molecule has 3 heteroatoms. The van der Waals surface area contributed by atoms with Crippen molar-refractivity contribution in [3.05, 3.63) is 11.4 Å². The predicted octanol–water partition coefficient (Wildman–Crippen LogP) is 2.92. The Hall–Kier alpha value is -0.860. The zero-order valence-corrected chi connectivity index (χ0v) is 7.84. The van der Waals surface area contributed by atoms with Gasteiger partial charge in [-0.15, -0.1) is 5.10 Å². The molecule has 0 amide bonds. The van der Waals surface area contributed by atoms with Gasteiger partial charge in [0.2, 0.25) is 0 Å². The number of rotatable bonds is 0. The Bertz CT molecular complexity index is 256. The highest BCUT2D eigenvalue weighted by atomic mass is 15.5. The lowest BCUT2D eigenvalue weighted by Crippen LogP contribution is -2.24. The van der Waals surface area contributed by atoms with E-state index in [0.29, 0.717) is 0 Å². The minimum absolute atomic E-state index is 0. The molecule has 0 spiro atoms. The first kappa shape index (κ1) is 14.7. The van der Waals surface area contributed by atoms with Crippen LogP contribution in [0.15, 0.2) is 0 Å². The van der Waals surface area contributed by atoms with E-state index in [0.717, 1.165) is 11.4 Å². The minimum atomic E-state index is 0. The molecular formula is C10H23N3. The minimum Gasteiger partial charge on any atom is -0.244 e. The van der Waals surface area contributed by atoms with Crippen molar-refractivity contribution in [2.24, 2.45) is 0 Å². The van der Waals surface area contributed by atoms with Gasteiger partial charge in [-0.1, -0.05) is 20.1 Å². The molecule has 1 heterocycles. The van der Waals surface area contributed by atoms with Crippen molar-refractivity contribution in [2.45, 2.75) is 55.0 Å². The summed E-state index contributed by atoms with van der Waals surface area (Å²) in [7, 11) is 0. The Balaban J connectivity index is 0. The van der Waals surface area contributed by atoms with Crippen LogP contribution in [0.25, 0.3) is 0 Å². The third-order valence-corrected chi connectivity index (χ3v) is 1.76. The Morgan fingerprint density at radius 1 is 1.08 bits per heavy atom. The van der Waals surface area contributed by atoms with Crippen molar-refractivity contribution in [1.82, 2.24) is 15.0 Å². The van der Waals surface area contributed by atoms with Crippen molar-refractivity contribution in [1.29, 1.82) is 0 Å². The van der Waals surface area contributed by atoms with E-state index in [4.69, 9.17) is 0 Å². The van der Waals surface area contributed by atoms with Crippen LogP contribution in [0.5, 0.6) is 0 Å². The Kier molecular flexibility index (Phi) is 4.96. The summed E-state index contributed by atoms with van der Waals surface area (Å²) in [4.78, 5) is 0. The van der Waals surface area contributed by atoms with Gasteiger partial charge >= 0.3 is 0 Å². The third-order valence-electron chi connectivity index (χ3n) is 1.76. The van der Waals surface area contributed by atoms with Gasteiger partial charge in [0.05, 0.1) is 16.9 Å². The molecule has 0 radical (unpaired) electrons. The standard InChI is InChI=1S/C8H15N3.2CH4/c1-6-7(2)11(10-9-6)8(3,4)5;;/h1-5H3;2*1H4. The molecule has 0 saturated carbocycles. The fourth-order valence-corrected chi connectivity index (χ4v) is 1.04. The number of hydrogen-bond acceptors (Lipinski definition) is 2. The normalized spacial score (nSPS) is 10.2. The van der Waals surface area contributed by atoms with E-state index in [1.807, 2.05) is 18.5 Å². The fourth-order valence-electron chi connectivity index (χ4n) is 1.04. The van der Waals surface area contributed by atoms with Crippen molar-refractivity contribution >= 4 is 0 Å². The highest BCUT2D eigenvalue weighted by Crippen LogP contribution is 2.15. The second-order valence-electron chi connectivity index (χ2n) is 3.84. The number of nitrogens with zero attached hydrogens (tertiary/aromatic N) is 3. The van der Waals surface area contributed by atoms with Crippen LogP contribution in [0.2, 0.25) is 0 Å². The van der Waals surface area contributed by atoms with Gasteiger partial charge in [0.25, 0.3) is 0 Å². The van der Waals surface area contributed by atoms with Crippen LogP contribution in [0, 0.1) is 13.8 Å². The summed E-state index contributed by atoms with van der Waals surface area (Å²) in [6.45, 7) is 10.4. The van der Waals surface area contributed by atoms with Crippen LogP contribution in [-0.4, -0.2) is 15.0 Å². The molecule has 1 aromatic heterocycles. The maximum atomic E-state index is 4.05. The molecule has 0 aliphatic rings. The van der Waals surface area contributed by atoms with Gasteiger partial charge in [0, 0.05) is 0 Å². The summed E-state index contributed by atoms with van der Waals surface area (Å²) in [6, 6.07) is 0. The summed E-state index contributed by atoms with van der Waals surface area (Å²) in [5, 5.41) is 8.05. The first-order valence-corrected chi connectivity index (χ1v) is 3.82. The zero-order valence-electron chi connectivity index (χ0n) is 7.84. The molecule has 78 valence electrons. The highest BCUT2D eigenvalue weighted by molar-refractivity contribution is 5.06. The average Bonchev–Trinajstić information content (AvgIpc) is 2.11. The van der Waals surface area contributed by atoms with E-state index in [2.05, 4.69) is 31.1 Å². The lowest BCUT2D eigenvalue weighted by atomic mass is 10.1. The van der Waals surface area contributed by atoms with Gasteiger partial charge in [0.15, 0.2) is 0 Å². The molecule has 0 bridgehead atoms. The van der Waals surface area contributed by atoms with Gasteiger partial charge in [-0.2, -0.15) is 0 Å². The molecular weight excluding hydrogens is 162 g/mol. The zero-order chi connectivity index (χ0) is 8.65. The largest absolute Gasteiger partial charge is 0.244 e. The van der Waals surface area contributed by atoms with E-state index in [1.165, 1.54) is 0 Å². The molecule has 0 N–H and O–H groups in total. The monoisotopic (exact) mass is 185 g/mol. The van der Waals surface area contributed by atoms with Crippen LogP contribution in [0.1, 0.15) is 47.0 Å². The van der Waals surface area contributed by atoms with E-state index in [1.54, 1.807) is 0 Å². The topological polar surface area (TPSA) is 30.7 Å². The first-order chi connectivity index (χ1) is 4.93. The third kappa shape index (κ3) is 2.83. The molecule has 3 nitrogen and oxygen atoms in total. The van der Waals surface area contributed by atoms with Crippen molar-refractivity contribution in [2.75, 3.05) is 0 Å². The molecule has 1 rings (SSSR count). The second kappa shape index (κ2) is 4.40. The van der Waals surface area contributed by atoms with Crippen LogP contribution in [0.3, 0.4) is 0 Å². The molecule has 13 heavy (non-hydrogen) atoms. The molecule has 0 fully saturated rings. The van der Waals surface area contributed by atoms with Crippen LogP contribution in [0.4, 0.5) is 0 Å². The molecule has 1 aromatic rings. The summed E-state index contributed by atoms with van der Waals surface area (Å²) in [5.74, 6) is 0. The van der Waals surface area contributed by atoms with E-state index in [-0.39, 0.29) is 20.4 Å². The van der Waals surface area contributed by atoms with Crippen LogP contribution < -0.4 is 0 Å². The summed E-state index contributed by atoms with van der Waals surface area (Å²) >= 11 is 0. The Labute approximate surface area is 82.2 Å². The number of hydrogen-bond donors (Lipinski definition) is 0. The summed E-state index contributed by atoms with van der Waals surface area (Å²) < 4.78 is 1.95. The molecule has 0 saturated heterocycles. The van der Waals surface area contributed by atoms with Crippen LogP contribution in [-0.2, 0) is 5.54 Å². The average molecular weight is 185 g/mol. The van der Waals surface area contributed by atoms with Crippen LogP contribution >= 0.6 is 0 Å². The smallest absolute Gasteiger partial charge is 0.0825 e. The Morgan fingerprint density at radius 3 is 1.69 bits per heavy atom. The van der Waals surface area contributed by atoms with Gasteiger partial charge in [-0.3, -0.25) is 0 Å². The molecule has 0 atom stereocenters. The van der Waals surface area contributed by atoms with Gasteiger partial charge in [-0.05, 0) is 34.6 Å². The highest BCUT2D eigenvalue weighted by Gasteiger charge is 2.17. The second-order valence-corrected chi connectivity index (χ2v) is 3.84. The molecule has 0 aliphatic heterocycles. The maximum Gasteiger partial charge on any atom is 0.0825 e. The lowest BCUT2D eigenvalue weighted by Gasteiger charge is -2.19. The van der Waals surface area contributed by atoms with Crippen molar-refractivity contribution in [3.63, 3.8) is 0 Å². The van der Waals surface area contributed by atoms with Gasteiger partial charge < -0.3 is 0 Å². The maximum absolute atomic E-state index is 4.05. The number of aryl methyl sites for hydroxylation is 1. The van der Waals surface area contributed by atoms with Gasteiger partial charge in [-0.25, -0.2) is 4.68 Å². The molecule has 0 aromatic carbocycles. The predicted molar refractivity (Wildman–Crippen MR) is 58.0 cm³/mol. The van der Waals surface area contributed by atoms with Crippen molar-refractivity contribution in [3.8, 4) is 0 Å². The first-order valence-electron chi connectivity index (χ1n) is 3.82. The van der Waals surface area contributed by atoms with E-state index < -0.39 is 0 Å². The molecule has 0 unspecified atom stereocenters. The van der Waals surface area contributed by atoms with Gasteiger partial charge in [0.1, 0.15) is 0 Å². The van der Waals surface area contributed by atoms with E-state index >= 15 is 0 Å². The Morgan fingerprint density at radius 2 is 1.54 bits per heavy atom. The SMILES string of the molecule is C.C.Cc1nnn(C(C)(C)C)c1C. The lowest BCUT2D eigenvalue weighted by molar-refractivity contribution is 0.339. The van der Waals surface area contributed by atoms with Crippen molar-refractivity contribution < 1.29 is 0 Å². The number of aromatic nitrogens is 3. The fraction of sp³-hybridized carbons (Fsp3) is 0.800. The molecule has 0 aliphatic carbocycles. The quantitative estimate of drug-likeness (QED) is 0.622. The summed E-state index contributed by atoms with van der Waals surface area (Å²) in [6.07, 6.45) is 0.